The molecule has 98 valence electrons. The van der Waals surface area contributed by atoms with E-state index in [0.717, 1.165) is 12.0 Å². The van der Waals surface area contributed by atoms with Gasteiger partial charge in [-0.15, -0.1) is 0 Å². The van der Waals surface area contributed by atoms with Crippen LogP contribution >= 0.6 is 0 Å². The van der Waals surface area contributed by atoms with Crippen LogP contribution in [0.4, 0.5) is 0 Å². The molecule has 2 atom stereocenters. The molecule has 0 aliphatic heterocycles. The molecular weight excluding hydrogens is 228 g/mol. The smallest absolute Gasteiger partial charge is 0.320 e. The number of ether oxygens (including phenoxy) is 1. The molecule has 2 rings (SSSR count). The van der Waals surface area contributed by atoms with E-state index >= 15 is 0 Å². The van der Waals surface area contributed by atoms with E-state index in [-0.39, 0.29) is 23.1 Å². The zero-order chi connectivity index (χ0) is 13.6. The predicted octanol–water partition coefficient (Wildman–Crippen LogP) is 2.67. The lowest BCUT2D eigenvalue weighted by Crippen LogP contribution is -2.54. The van der Waals surface area contributed by atoms with Crippen LogP contribution in [0.15, 0.2) is 23.8 Å². The molecule has 0 aromatic rings. The number of hydrogen-bond donors (Lipinski definition) is 0. The van der Waals surface area contributed by atoms with Crippen molar-refractivity contribution in [1.82, 2.24) is 0 Å². The van der Waals surface area contributed by atoms with Gasteiger partial charge in [0.2, 0.25) is 0 Å². The maximum Gasteiger partial charge on any atom is 0.320 e. The van der Waals surface area contributed by atoms with E-state index in [2.05, 4.69) is 19.9 Å². The van der Waals surface area contributed by atoms with Gasteiger partial charge in [-0.05, 0) is 37.2 Å². The van der Waals surface area contributed by atoms with Gasteiger partial charge in [0.1, 0.15) is 5.41 Å². The molecule has 0 saturated heterocycles. The van der Waals surface area contributed by atoms with E-state index in [9.17, 15) is 9.59 Å². The average Bonchev–Trinajstić information content (AvgIpc) is 2.33. The Morgan fingerprint density at radius 2 is 2.11 bits per heavy atom. The minimum Gasteiger partial charge on any atom is -0.468 e. The summed E-state index contributed by atoms with van der Waals surface area (Å²) in [6, 6.07) is 0. The lowest BCUT2D eigenvalue weighted by molar-refractivity contribution is -0.165. The summed E-state index contributed by atoms with van der Waals surface area (Å²) >= 11 is 0. The third-order valence-electron chi connectivity index (χ3n) is 4.41. The van der Waals surface area contributed by atoms with Crippen LogP contribution in [0.2, 0.25) is 0 Å². The van der Waals surface area contributed by atoms with Gasteiger partial charge in [0, 0.05) is 0 Å². The Bertz CT molecular complexity index is 456. The van der Waals surface area contributed by atoms with E-state index in [1.807, 2.05) is 13.0 Å². The second-order valence-corrected chi connectivity index (χ2v) is 6.00. The van der Waals surface area contributed by atoms with Crippen LogP contribution in [0.5, 0.6) is 0 Å². The van der Waals surface area contributed by atoms with Crippen molar-refractivity contribution in [3.8, 4) is 0 Å². The predicted molar refractivity (Wildman–Crippen MR) is 68.9 cm³/mol. The number of rotatable bonds is 1. The third kappa shape index (κ3) is 1.64. The Morgan fingerprint density at radius 3 is 2.72 bits per heavy atom. The summed E-state index contributed by atoms with van der Waals surface area (Å²) in [4.78, 5) is 24.6. The summed E-state index contributed by atoms with van der Waals surface area (Å²) in [5.74, 6) is -0.507. The van der Waals surface area contributed by atoms with Crippen molar-refractivity contribution < 1.29 is 14.3 Å². The molecule has 2 aliphatic rings. The zero-order valence-electron chi connectivity index (χ0n) is 11.4. The second kappa shape index (κ2) is 4.08. The first kappa shape index (κ1) is 13.1. The third-order valence-corrected chi connectivity index (χ3v) is 4.41. The van der Waals surface area contributed by atoms with Gasteiger partial charge in [-0.1, -0.05) is 31.6 Å². The van der Waals surface area contributed by atoms with Crippen molar-refractivity contribution in [2.24, 2.45) is 16.7 Å². The van der Waals surface area contributed by atoms with Gasteiger partial charge in [-0.3, -0.25) is 9.59 Å². The summed E-state index contributed by atoms with van der Waals surface area (Å²) in [5.41, 5.74) is -0.0819. The van der Waals surface area contributed by atoms with E-state index in [4.69, 9.17) is 4.74 Å². The first-order chi connectivity index (χ1) is 8.34. The van der Waals surface area contributed by atoms with Crippen molar-refractivity contribution in [2.75, 3.05) is 7.11 Å². The number of ketones is 1. The van der Waals surface area contributed by atoms with Crippen molar-refractivity contribution >= 4 is 11.8 Å². The molecule has 18 heavy (non-hydrogen) atoms. The van der Waals surface area contributed by atoms with Gasteiger partial charge in [-0.25, -0.2) is 0 Å². The Labute approximate surface area is 108 Å². The monoisotopic (exact) mass is 248 g/mol. The molecule has 3 heteroatoms. The maximum absolute atomic E-state index is 12.4. The SMILES string of the molecule is COC(=O)[C@]12CC(C)=CC[C@H]1C(C)(C)C=CC2=O. The molecule has 0 heterocycles. The van der Waals surface area contributed by atoms with Crippen LogP contribution in [0.25, 0.3) is 0 Å². The topological polar surface area (TPSA) is 43.4 Å². The van der Waals surface area contributed by atoms with Crippen LogP contribution in [0.1, 0.15) is 33.6 Å². The lowest BCUT2D eigenvalue weighted by Gasteiger charge is -2.48. The van der Waals surface area contributed by atoms with Crippen molar-refractivity contribution in [3.63, 3.8) is 0 Å². The summed E-state index contributed by atoms with van der Waals surface area (Å²) in [7, 11) is 1.36. The highest BCUT2D eigenvalue weighted by Gasteiger charge is 2.58. The van der Waals surface area contributed by atoms with Crippen LogP contribution in [0.3, 0.4) is 0 Å². The number of carbonyl (C=O) groups excluding carboxylic acids is 2. The molecule has 0 saturated carbocycles. The number of fused-ring (bicyclic) bond motifs is 1. The fraction of sp³-hybridized carbons (Fsp3) is 0.600. The first-order valence-electron chi connectivity index (χ1n) is 6.32. The Hall–Kier alpha value is -1.38. The summed E-state index contributed by atoms with van der Waals surface area (Å²) in [6.45, 7) is 6.12. The van der Waals surface area contributed by atoms with E-state index in [0.29, 0.717) is 6.42 Å². The number of methoxy groups -OCH3 is 1. The standard InChI is InChI=1S/C15H20O3/c1-10-5-6-11-14(2,3)8-7-12(16)15(11,9-10)13(17)18-4/h5,7-8,11H,6,9H2,1-4H3/t11-,15+/m0/s1. The highest BCUT2D eigenvalue weighted by atomic mass is 16.5. The molecule has 0 radical (unpaired) electrons. The van der Waals surface area contributed by atoms with Crippen LogP contribution in [-0.2, 0) is 14.3 Å². The molecule has 0 N–H and O–H groups in total. The lowest BCUT2D eigenvalue weighted by atomic mass is 9.53. The van der Waals surface area contributed by atoms with Crippen LogP contribution in [-0.4, -0.2) is 18.9 Å². The fourth-order valence-electron chi connectivity index (χ4n) is 3.41. The number of allylic oxidation sites excluding steroid dienone is 4. The van der Waals surface area contributed by atoms with E-state index in [1.165, 1.54) is 7.11 Å². The quantitative estimate of drug-likeness (QED) is 0.407. The molecule has 3 nitrogen and oxygen atoms in total. The molecule has 0 unspecified atom stereocenters. The van der Waals surface area contributed by atoms with Gasteiger partial charge in [0.25, 0.3) is 0 Å². The van der Waals surface area contributed by atoms with Gasteiger partial charge < -0.3 is 4.74 Å². The van der Waals surface area contributed by atoms with Crippen LogP contribution in [0, 0.1) is 16.7 Å². The minimum atomic E-state index is -1.01. The van der Waals surface area contributed by atoms with E-state index < -0.39 is 5.41 Å². The highest BCUT2D eigenvalue weighted by molar-refractivity contribution is 6.10. The number of carbonyl (C=O) groups is 2. The molecule has 0 bridgehead atoms. The van der Waals surface area contributed by atoms with E-state index in [1.54, 1.807) is 6.08 Å². The summed E-state index contributed by atoms with van der Waals surface area (Å²) in [6.07, 6.45) is 6.86. The Balaban J connectivity index is 2.60. The second-order valence-electron chi connectivity index (χ2n) is 6.00. The van der Waals surface area contributed by atoms with Gasteiger partial charge >= 0.3 is 5.97 Å². The Kier molecular flexibility index (Phi) is 2.96. The number of hydrogen-bond acceptors (Lipinski definition) is 3. The molecule has 0 aromatic carbocycles. The first-order valence-corrected chi connectivity index (χ1v) is 6.32. The molecule has 2 aliphatic carbocycles. The molecule has 0 fully saturated rings. The van der Waals surface area contributed by atoms with Crippen molar-refractivity contribution in [2.45, 2.75) is 33.6 Å². The van der Waals surface area contributed by atoms with Gasteiger partial charge in [-0.2, -0.15) is 0 Å². The van der Waals surface area contributed by atoms with Gasteiger partial charge in [0.05, 0.1) is 7.11 Å². The Morgan fingerprint density at radius 1 is 1.44 bits per heavy atom. The zero-order valence-corrected chi connectivity index (χ0v) is 11.4. The summed E-state index contributed by atoms with van der Waals surface area (Å²) in [5, 5.41) is 0. The molecular formula is C15H20O3. The van der Waals surface area contributed by atoms with Crippen LogP contribution < -0.4 is 0 Å². The summed E-state index contributed by atoms with van der Waals surface area (Å²) < 4.78 is 4.94. The normalized spacial score (nSPS) is 33.7. The molecule has 0 spiro atoms. The van der Waals surface area contributed by atoms with Crippen molar-refractivity contribution in [3.05, 3.63) is 23.8 Å². The maximum atomic E-state index is 12.4. The average molecular weight is 248 g/mol. The highest BCUT2D eigenvalue weighted by Crippen LogP contribution is 2.54. The molecule has 0 amide bonds. The number of esters is 1. The fourth-order valence-corrected chi connectivity index (χ4v) is 3.41. The molecule has 0 aromatic heterocycles. The largest absolute Gasteiger partial charge is 0.468 e. The van der Waals surface area contributed by atoms with Crippen molar-refractivity contribution in [1.29, 1.82) is 0 Å². The minimum absolute atomic E-state index is 0.0151. The van der Waals surface area contributed by atoms with Gasteiger partial charge in [0.15, 0.2) is 5.78 Å².